The number of aromatic nitrogens is 3. The van der Waals surface area contributed by atoms with Crippen molar-refractivity contribution in [3.05, 3.63) is 41.1 Å². The average molecular weight is 483 g/mol. The number of ether oxygens (including phenoxy) is 1. The van der Waals surface area contributed by atoms with Crippen LogP contribution in [0.15, 0.2) is 18.5 Å². The van der Waals surface area contributed by atoms with E-state index in [-0.39, 0.29) is 29.0 Å². The number of amides is 2. The Morgan fingerprint density at radius 3 is 2.59 bits per heavy atom. The lowest BCUT2D eigenvalue weighted by Gasteiger charge is -2.26. The van der Waals surface area contributed by atoms with Crippen molar-refractivity contribution >= 4 is 23.1 Å². The molecule has 34 heavy (non-hydrogen) atoms. The van der Waals surface area contributed by atoms with Crippen LogP contribution < -0.4 is 16.8 Å². The number of primary amides is 1. The Kier molecular flexibility index (Phi) is 6.29. The number of benzene rings is 1. The van der Waals surface area contributed by atoms with Crippen molar-refractivity contribution in [3.8, 4) is 11.1 Å². The van der Waals surface area contributed by atoms with Crippen molar-refractivity contribution in [2.45, 2.75) is 19.3 Å². The Morgan fingerprint density at radius 2 is 1.97 bits per heavy atom. The molecule has 0 spiro atoms. The molecule has 10 nitrogen and oxygen atoms in total. The molecule has 0 radical (unpaired) electrons. The lowest BCUT2D eigenvalue weighted by molar-refractivity contribution is -0.137. The number of carbonyl (C=O) groups is 1. The highest BCUT2D eigenvalue weighted by molar-refractivity contribution is 5.94. The number of aliphatic hydroxyl groups is 1. The maximum Gasteiger partial charge on any atom is 0.417 e. The number of rotatable bonds is 5. The predicted molar refractivity (Wildman–Crippen MR) is 113 cm³/mol. The van der Waals surface area contributed by atoms with E-state index < -0.39 is 41.4 Å². The molecule has 2 amide bonds. The number of carbonyl (C=O) groups excluding carboxylic acids is 1. The molecule has 3 aromatic rings. The van der Waals surface area contributed by atoms with Crippen molar-refractivity contribution in [2.24, 2.45) is 5.73 Å². The second-order valence-electron chi connectivity index (χ2n) is 7.62. The minimum Gasteiger partial charge on any atom is -0.392 e. The monoisotopic (exact) mass is 483 g/mol. The zero-order valence-electron chi connectivity index (χ0n) is 17.7. The van der Waals surface area contributed by atoms with Crippen LogP contribution in [0, 0.1) is 5.82 Å². The fourth-order valence-corrected chi connectivity index (χ4v) is 4.06. The SMILES string of the molecule is NC(=O)Nc1cc(C(F)(F)F)c(-c2c(CO)c(CN3CCOCC3)n3ncnc(N)c23)cc1F. The number of fused-ring (bicyclic) bond motifs is 1. The molecule has 0 atom stereocenters. The Bertz CT molecular complexity index is 1240. The van der Waals surface area contributed by atoms with Gasteiger partial charge in [0.2, 0.25) is 0 Å². The summed E-state index contributed by atoms with van der Waals surface area (Å²) in [5, 5.41) is 16.2. The number of halogens is 4. The number of morpholine rings is 1. The smallest absolute Gasteiger partial charge is 0.392 e. The number of anilines is 2. The standard InChI is InChI=1S/C20H21F4N7O3/c21-13-5-10(12(20(22,23)24)6-14(13)29-19(26)33)16-11(8-32)15(7-30-1-3-34-4-2-30)31-17(16)18(25)27-9-28-31/h5-6,9,32H,1-4,7-8H2,(H2,25,27,28)(H3,26,29,33). The molecule has 0 aliphatic carbocycles. The van der Waals surface area contributed by atoms with Gasteiger partial charge >= 0.3 is 12.2 Å². The molecule has 6 N–H and O–H groups in total. The molecule has 1 fully saturated rings. The van der Waals surface area contributed by atoms with Crippen LogP contribution in [0.2, 0.25) is 0 Å². The highest BCUT2D eigenvalue weighted by atomic mass is 19.4. The number of urea groups is 1. The molecular formula is C20H21F4N7O3. The molecule has 1 aliphatic rings. The lowest BCUT2D eigenvalue weighted by atomic mass is 9.95. The average Bonchev–Trinajstić information content (AvgIpc) is 3.09. The summed E-state index contributed by atoms with van der Waals surface area (Å²) in [7, 11) is 0. The summed E-state index contributed by atoms with van der Waals surface area (Å²) in [5.41, 5.74) is 8.71. The molecule has 1 aromatic carbocycles. The minimum atomic E-state index is -4.95. The van der Waals surface area contributed by atoms with Crippen LogP contribution in [0.25, 0.3) is 16.6 Å². The number of nitrogens with two attached hydrogens (primary N) is 2. The van der Waals surface area contributed by atoms with Gasteiger partial charge in [-0.2, -0.15) is 18.3 Å². The van der Waals surface area contributed by atoms with E-state index in [1.54, 1.807) is 0 Å². The van der Waals surface area contributed by atoms with Gasteiger partial charge in [-0.25, -0.2) is 18.7 Å². The van der Waals surface area contributed by atoms with E-state index >= 15 is 0 Å². The number of alkyl halides is 3. The summed E-state index contributed by atoms with van der Waals surface area (Å²) in [6.07, 6.45) is -3.81. The van der Waals surface area contributed by atoms with Crippen LogP contribution in [0.3, 0.4) is 0 Å². The number of nitrogens with zero attached hydrogens (tertiary/aromatic N) is 4. The van der Waals surface area contributed by atoms with E-state index in [9.17, 15) is 27.5 Å². The van der Waals surface area contributed by atoms with Gasteiger partial charge in [-0.1, -0.05) is 0 Å². The molecule has 0 bridgehead atoms. The third kappa shape index (κ3) is 4.34. The first kappa shape index (κ1) is 23.7. The van der Waals surface area contributed by atoms with Crippen LogP contribution in [-0.4, -0.2) is 56.9 Å². The van der Waals surface area contributed by atoms with Gasteiger partial charge in [0.15, 0.2) is 5.82 Å². The quantitative estimate of drug-likeness (QED) is 0.406. The van der Waals surface area contributed by atoms with E-state index in [1.165, 1.54) is 4.52 Å². The molecule has 182 valence electrons. The molecule has 3 heterocycles. The Labute approximate surface area is 190 Å². The van der Waals surface area contributed by atoms with Gasteiger partial charge in [-0.15, -0.1) is 0 Å². The van der Waals surface area contributed by atoms with Gasteiger partial charge in [-0.3, -0.25) is 4.90 Å². The number of hydrogen-bond acceptors (Lipinski definition) is 7. The summed E-state index contributed by atoms with van der Waals surface area (Å²) in [6.45, 7) is 1.62. The van der Waals surface area contributed by atoms with E-state index in [2.05, 4.69) is 10.1 Å². The number of aliphatic hydroxyl groups excluding tert-OH is 1. The van der Waals surface area contributed by atoms with Crippen LogP contribution >= 0.6 is 0 Å². The van der Waals surface area contributed by atoms with Crippen molar-refractivity contribution < 1.29 is 32.2 Å². The summed E-state index contributed by atoms with van der Waals surface area (Å²) < 4.78 is 63.7. The van der Waals surface area contributed by atoms with Crippen molar-refractivity contribution in [1.82, 2.24) is 19.5 Å². The molecule has 4 rings (SSSR count). The highest BCUT2D eigenvalue weighted by Crippen LogP contribution is 2.44. The third-order valence-corrected chi connectivity index (χ3v) is 5.54. The van der Waals surface area contributed by atoms with Gasteiger partial charge in [0.05, 0.1) is 36.8 Å². The van der Waals surface area contributed by atoms with Crippen molar-refractivity contribution in [2.75, 3.05) is 37.4 Å². The Morgan fingerprint density at radius 1 is 1.26 bits per heavy atom. The summed E-state index contributed by atoms with van der Waals surface area (Å²) in [4.78, 5) is 17.0. The second-order valence-corrected chi connectivity index (χ2v) is 7.62. The molecular weight excluding hydrogens is 462 g/mol. The van der Waals surface area contributed by atoms with Gasteiger partial charge < -0.3 is 26.6 Å². The van der Waals surface area contributed by atoms with Gasteiger partial charge in [0.25, 0.3) is 0 Å². The zero-order chi connectivity index (χ0) is 24.6. The van der Waals surface area contributed by atoms with Gasteiger partial charge in [-0.05, 0) is 17.7 Å². The van der Waals surface area contributed by atoms with E-state index in [4.69, 9.17) is 16.2 Å². The summed E-state index contributed by atoms with van der Waals surface area (Å²) in [5.74, 6) is -1.31. The van der Waals surface area contributed by atoms with Crippen molar-refractivity contribution in [1.29, 1.82) is 0 Å². The summed E-state index contributed by atoms with van der Waals surface area (Å²) in [6, 6.07) is -0.162. The number of hydrogen-bond donors (Lipinski definition) is 4. The number of nitrogens with one attached hydrogen (secondary N) is 1. The first-order chi connectivity index (χ1) is 16.1. The topological polar surface area (TPSA) is 144 Å². The van der Waals surface area contributed by atoms with Crippen molar-refractivity contribution in [3.63, 3.8) is 0 Å². The first-order valence-electron chi connectivity index (χ1n) is 10.1. The maximum absolute atomic E-state index is 14.8. The Balaban J connectivity index is 2.01. The normalized spacial score (nSPS) is 15.1. The van der Waals surface area contributed by atoms with E-state index in [0.29, 0.717) is 44.1 Å². The molecule has 0 saturated carbocycles. The minimum absolute atomic E-state index is 0.00433. The van der Waals surface area contributed by atoms with E-state index in [0.717, 1.165) is 6.33 Å². The lowest BCUT2D eigenvalue weighted by Crippen LogP contribution is -2.36. The van der Waals surface area contributed by atoms with Crippen LogP contribution in [0.4, 0.5) is 33.9 Å². The Hall–Kier alpha value is -3.49. The van der Waals surface area contributed by atoms with Gasteiger partial charge in [0, 0.05) is 30.8 Å². The molecule has 1 aliphatic heterocycles. The fourth-order valence-electron chi connectivity index (χ4n) is 4.06. The number of nitrogen functional groups attached to an aromatic ring is 1. The largest absolute Gasteiger partial charge is 0.417 e. The molecule has 1 saturated heterocycles. The molecule has 2 aromatic heterocycles. The predicted octanol–water partition coefficient (Wildman–Crippen LogP) is 1.95. The summed E-state index contributed by atoms with van der Waals surface area (Å²) >= 11 is 0. The van der Waals surface area contributed by atoms with Crippen LogP contribution in [0.5, 0.6) is 0 Å². The zero-order valence-corrected chi connectivity index (χ0v) is 17.7. The maximum atomic E-state index is 14.8. The molecule has 14 heteroatoms. The fraction of sp³-hybridized carbons (Fsp3) is 0.350. The van der Waals surface area contributed by atoms with Gasteiger partial charge in [0.1, 0.15) is 17.7 Å². The van der Waals surface area contributed by atoms with Crippen LogP contribution in [-0.2, 0) is 24.1 Å². The second kappa shape index (κ2) is 9.04. The third-order valence-electron chi connectivity index (χ3n) is 5.54. The first-order valence-corrected chi connectivity index (χ1v) is 10.1. The van der Waals surface area contributed by atoms with Crippen LogP contribution in [0.1, 0.15) is 16.8 Å². The van der Waals surface area contributed by atoms with E-state index in [1.807, 2.05) is 10.2 Å². The molecule has 0 unspecified atom stereocenters. The highest BCUT2D eigenvalue weighted by Gasteiger charge is 2.37.